The first-order valence-electron chi connectivity index (χ1n) is 13.2. The van der Waals surface area contributed by atoms with Crippen molar-refractivity contribution in [3.05, 3.63) is 0 Å². The van der Waals surface area contributed by atoms with Gasteiger partial charge in [-0.25, -0.2) is 4.79 Å². The van der Waals surface area contributed by atoms with E-state index in [9.17, 15) is 9.59 Å². The Bertz CT molecular complexity index is 414. The molecular formula is C26H51NO4. The van der Waals surface area contributed by atoms with Crippen LogP contribution < -0.4 is 5.32 Å². The van der Waals surface area contributed by atoms with Crippen molar-refractivity contribution >= 4 is 11.9 Å². The lowest BCUT2D eigenvalue weighted by atomic mass is 10.0. The van der Waals surface area contributed by atoms with E-state index in [4.69, 9.17) is 10.2 Å². The number of carboxylic acid groups (broad SMARTS) is 1. The van der Waals surface area contributed by atoms with Gasteiger partial charge in [-0.1, -0.05) is 129 Å². The van der Waals surface area contributed by atoms with Crippen LogP contribution >= 0.6 is 0 Å². The van der Waals surface area contributed by atoms with Gasteiger partial charge in [0.05, 0.1) is 6.61 Å². The third-order valence-electron chi connectivity index (χ3n) is 6.07. The maximum Gasteiger partial charge on any atom is 0.328 e. The summed E-state index contributed by atoms with van der Waals surface area (Å²) in [6.07, 6.45) is 26.7. The molecule has 5 nitrogen and oxygen atoms in total. The Kier molecular flexibility index (Phi) is 22.7. The normalized spacial score (nSPS) is 12.1. The van der Waals surface area contributed by atoms with E-state index in [1.807, 2.05) is 0 Å². The second-order valence-electron chi connectivity index (χ2n) is 9.11. The first-order valence-corrected chi connectivity index (χ1v) is 13.2. The molecular weight excluding hydrogens is 390 g/mol. The molecule has 184 valence electrons. The van der Waals surface area contributed by atoms with Crippen molar-refractivity contribution in [3.8, 4) is 0 Å². The zero-order valence-electron chi connectivity index (χ0n) is 20.3. The molecule has 0 aromatic heterocycles. The van der Waals surface area contributed by atoms with E-state index in [1.54, 1.807) is 0 Å². The average molecular weight is 442 g/mol. The zero-order chi connectivity index (χ0) is 23.0. The van der Waals surface area contributed by atoms with E-state index in [-0.39, 0.29) is 5.91 Å². The highest BCUT2D eigenvalue weighted by Gasteiger charge is 2.17. The molecule has 0 radical (unpaired) electrons. The molecule has 0 aromatic carbocycles. The van der Waals surface area contributed by atoms with E-state index in [2.05, 4.69) is 12.2 Å². The van der Waals surface area contributed by atoms with Gasteiger partial charge in [0.15, 0.2) is 0 Å². The largest absolute Gasteiger partial charge is 0.480 e. The summed E-state index contributed by atoms with van der Waals surface area (Å²) in [7, 11) is 0. The minimum absolute atomic E-state index is 0.288. The molecule has 0 aromatic rings. The van der Waals surface area contributed by atoms with Gasteiger partial charge in [-0.05, 0) is 6.42 Å². The first-order chi connectivity index (χ1) is 15.1. The predicted molar refractivity (Wildman–Crippen MR) is 129 cm³/mol. The van der Waals surface area contributed by atoms with Crippen LogP contribution in [0, 0.1) is 0 Å². The molecule has 0 aliphatic heterocycles. The number of carboxylic acids is 1. The average Bonchev–Trinajstić information content (AvgIpc) is 2.75. The van der Waals surface area contributed by atoms with Crippen molar-refractivity contribution in [2.75, 3.05) is 6.61 Å². The van der Waals surface area contributed by atoms with Crippen molar-refractivity contribution in [1.82, 2.24) is 5.32 Å². The molecule has 5 heteroatoms. The van der Waals surface area contributed by atoms with Crippen LogP contribution in [0.25, 0.3) is 0 Å². The van der Waals surface area contributed by atoms with Gasteiger partial charge in [0, 0.05) is 6.42 Å². The lowest BCUT2D eigenvalue weighted by Crippen LogP contribution is -2.43. The summed E-state index contributed by atoms with van der Waals surface area (Å²) in [5, 5.41) is 20.0. The molecule has 0 saturated carbocycles. The van der Waals surface area contributed by atoms with E-state index in [0.717, 1.165) is 19.3 Å². The number of hydrogen-bond acceptors (Lipinski definition) is 3. The van der Waals surface area contributed by atoms with Gasteiger partial charge < -0.3 is 15.5 Å². The zero-order valence-corrected chi connectivity index (χ0v) is 20.3. The lowest BCUT2D eigenvalue weighted by Gasteiger charge is -2.11. The van der Waals surface area contributed by atoms with Crippen molar-refractivity contribution in [1.29, 1.82) is 0 Å². The summed E-state index contributed by atoms with van der Waals surface area (Å²) in [5.74, 6) is -1.48. The highest BCUT2D eigenvalue weighted by molar-refractivity contribution is 5.83. The highest BCUT2D eigenvalue weighted by atomic mass is 16.4. The van der Waals surface area contributed by atoms with Crippen LogP contribution in [0.3, 0.4) is 0 Å². The van der Waals surface area contributed by atoms with Crippen LogP contribution in [0.15, 0.2) is 0 Å². The standard InChI is InChI=1S/C26H51NO4/c1-2-3-4-5-6-7-8-9-10-11-12-13-14-15-16-17-18-19-20-21-22-25(29)27-24(23-28)26(30)31/h24,28H,2-23H2,1H3,(H,27,29)(H,30,31)/t24-/m0/s1. The Morgan fingerprint density at radius 2 is 0.935 bits per heavy atom. The van der Waals surface area contributed by atoms with E-state index in [1.165, 1.54) is 109 Å². The number of carbonyl (C=O) groups is 2. The molecule has 0 bridgehead atoms. The minimum Gasteiger partial charge on any atom is -0.480 e. The molecule has 0 heterocycles. The summed E-state index contributed by atoms with van der Waals surface area (Å²) >= 11 is 0. The van der Waals surface area contributed by atoms with Gasteiger partial charge in [0.1, 0.15) is 6.04 Å². The minimum atomic E-state index is -1.20. The fraction of sp³-hybridized carbons (Fsp3) is 0.923. The summed E-state index contributed by atoms with van der Waals surface area (Å²) < 4.78 is 0. The fourth-order valence-corrected chi connectivity index (χ4v) is 3.99. The van der Waals surface area contributed by atoms with Gasteiger partial charge in [-0.2, -0.15) is 0 Å². The topological polar surface area (TPSA) is 86.6 Å². The van der Waals surface area contributed by atoms with Crippen LogP contribution in [0.5, 0.6) is 0 Å². The number of nitrogens with one attached hydrogen (secondary N) is 1. The number of unbranched alkanes of at least 4 members (excludes halogenated alkanes) is 19. The molecule has 0 fully saturated rings. The lowest BCUT2D eigenvalue weighted by molar-refractivity contribution is -0.142. The van der Waals surface area contributed by atoms with Gasteiger partial charge in [-0.3, -0.25) is 4.79 Å². The van der Waals surface area contributed by atoms with Crippen LogP contribution in [0.4, 0.5) is 0 Å². The van der Waals surface area contributed by atoms with Crippen LogP contribution in [0.2, 0.25) is 0 Å². The highest BCUT2D eigenvalue weighted by Crippen LogP contribution is 2.15. The monoisotopic (exact) mass is 441 g/mol. The molecule has 3 N–H and O–H groups in total. The second kappa shape index (κ2) is 23.6. The Morgan fingerprint density at radius 3 is 1.23 bits per heavy atom. The van der Waals surface area contributed by atoms with E-state index < -0.39 is 18.6 Å². The van der Waals surface area contributed by atoms with Gasteiger partial charge in [-0.15, -0.1) is 0 Å². The van der Waals surface area contributed by atoms with Gasteiger partial charge in [0.2, 0.25) is 5.91 Å². The van der Waals surface area contributed by atoms with Crippen molar-refractivity contribution in [2.45, 2.75) is 148 Å². The first kappa shape index (κ1) is 29.9. The maximum absolute atomic E-state index is 11.6. The van der Waals surface area contributed by atoms with Crippen LogP contribution in [-0.4, -0.2) is 34.7 Å². The predicted octanol–water partition coefficient (Wildman–Crippen LogP) is 6.76. The molecule has 0 aliphatic rings. The number of hydrogen-bond donors (Lipinski definition) is 3. The molecule has 0 unspecified atom stereocenters. The summed E-state index contributed by atoms with van der Waals surface area (Å²) in [4.78, 5) is 22.4. The molecule has 1 amide bonds. The molecule has 1 atom stereocenters. The Labute approximate surface area is 191 Å². The van der Waals surface area contributed by atoms with Gasteiger partial charge in [0.25, 0.3) is 0 Å². The number of aliphatic carboxylic acids is 1. The fourth-order valence-electron chi connectivity index (χ4n) is 3.99. The van der Waals surface area contributed by atoms with Crippen molar-refractivity contribution < 1.29 is 19.8 Å². The molecule has 0 aliphatic carbocycles. The molecule has 0 spiro atoms. The Balaban J connectivity index is 3.20. The number of aliphatic hydroxyl groups is 1. The van der Waals surface area contributed by atoms with Crippen LogP contribution in [0.1, 0.15) is 142 Å². The van der Waals surface area contributed by atoms with Crippen LogP contribution in [-0.2, 0) is 9.59 Å². The quantitative estimate of drug-likeness (QED) is 0.144. The van der Waals surface area contributed by atoms with E-state index >= 15 is 0 Å². The molecule has 31 heavy (non-hydrogen) atoms. The second-order valence-corrected chi connectivity index (χ2v) is 9.11. The Morgan fingerprint density at radius 1 is 0.613 bits per heavy atom. The molecule has 0 saturated heterocycles. The number of carbonyl (C=O) groups excluding carboxylic acids is 1. The van der Waals surface area contributed by atoms with Crippen molar-refractivity contribution in [2.24, 2.45) is 0 Å². The number of amides is 1. The third-order valence-corrected chi connectivity index (χ3v) is 6.07. The maximum atomic E-state index is 11.6. The number of aliphatic hydroxyl groups excluding tert-OH is 1. The molecule has 0 rings (SSSR count). The van der Waals surface area contributed by atoms with Gasteiger partial charge >= 0.3 is 5.97 Å². The Hall–Kier alpha value is -1.10. The summed E-state index contributed by atoms with van der Waals surface area (Å²) in [6.45, 7) is 1.71. The third kappa shape index (κ3) is 21.9. The SMILES string of the molecule is CCCCCCCCCCCCCCCCCCCCCCC(=O)N[C@@H](CO)C(=O)O. The number of rotatable bonds is 24. The van der Waals surface area contributed by atoms with E-state index in [0.29, 0.717) is 6.42 Å². The summed E-state index contributed by atoms with van der Waals surface area (Å²) in [5.41, 5.74) is 0. The van der Waals surface area contributed by atoms with Crippen molar-refractivity contribution in [3.63, 3.8) is 0 Å². The smallest absolute Gasteiger partial charge is 0.328 e. The summed E-state index contributed by atoms with van der Waals surface area (Å²) in [6, 6.07) is -1.18.